The summed E-state index contributed by atoms with van der Waals surface area (Å²) in [7, 11) is 0. The van der Waals surface area contributed by atoms with Crippen LogP contribution in [0.4, 0.5) is 0 Å². The molecule has 2 aromatic carbocycles. The molecule has 3 rings (SSSR count). The van der Waals surface area contributed by atoms with Gasteiger partial charge in [-0.25, -0.2) is 9.78 Å². The lowest BCUT2D eigenvalue weighted by Gasteiger charge is -2.08. The average Bonchev–Trinajstić information content (AvgIpc) is 2.53. The first kappa shape index (κ1) is 15.7. The molecule has 23 heavy (non-hydrogen) atoms. The average molecular weight is 394 g/mol. The molecule has 1 heterocycles. The van der Waals surface area contributed by atoms with Gasteiger partial charge in [0.1, 0.15) is 12.3 Å². The fraction of sp³-hybridized carbons (Fsp3) is 0.0625. The smallest absolute Gasteiger partial charge is 0.331 e. The van der Waals surface area contributed by atoms with E-state index in [1.165, 1.54) is 10.9 Å². The Hall–Kier alpha value is -2.18. The molecule has 0 atom stereocenters. The normalized spacial score (nSPS) is 10.7. The van der Waals surface area contributed by atoms with Crippen LogP contribution in [0.15, 0.2) is 58.1 Å². The number of hydrogen-bond donors (Lipinski definition) is 0. The summed E-state index contributed by atoms with van der Waals surface area (Å²) in [6, 6.07) is 11.8. The fourth-order valence-electron chi connectivity index (χ4n) is 2.07. The SMILES string of the molecule is O=C(Cn1cnc2ccccc2c1=O)Oc1ccc(Cl)cc1Br. The molecule has 0 saturated heterocycles. The summed E-state index contributed by atoms with van der Waals surface area (Å²) in [5, 5.41) is 0.974. The molecular weight excluding hydrogens is 384 g/mol. The first-order chi connectivity index (χ1) is 11.0. The standard InChI is InChI=1S/C16H10BrClN2O3/c17-12-7-10(18)5-6-14(12)23-15(21)8-20-9-19-13-4-2-1-3-11(13)16(20)22/h1-7,9H,8H2. The second-order valence-electron chi connectivity index (χ2n) is 4.74. The molecule has 0 saturated carbocycles. The largest absolute Gasteiger partial charge is 0.424 e. The number of ether oxygens (including phenoxy) is 1. The third kappa shape index (κ3) is 3.43. The van der Waals surface area contributed by atoms with Crippen LogP contribution in [0.3, 0.4) is 0 Å². The highest BCUT2D eigenvalue weighted by atomic mass is 79.9. The van der Waals surface area contributed by atoms with Gasteiger partial charge < -0.3 is 4.74 Å². The molecule has 3 aromatic rings. The Morgan fingerprint density at radius 3 is 2.83 bits per heavy atom. The molecule has 0 unspecified atom stereocenters. The molecule has 5 nitrogen and oxygen atoms in total. The van der Waals surface area contributed by atoms with Crippen molar-refractivity contribution in [3.8, 4) is 5.75 Å². The molecule has 0 N–H and O–H groups in total. The van der Waals surface area contributed by atoms with E-state index in [-0.39, 0.29) is 12.1 Å². The first-order valence-electron chi connectivity index (χ1n) is 6.64. The number of rotatable bonds is 3. The van der Waals surface area contributed by atoms with Crippen LogP contribution >= 0.6 is 27.5 Å². The number of nitrogens with zero attached hydrogens (tertiary/aromatic N) is 2. The van der Waals surface area contributed by atoms with Gasteiger partial charge >= 0.3 is 5.97 Å². The summed E-state index contributed by atoms with van der Waals surface area (Å²) >= 11 is 9.10. The second-order valence-corrected chi connectivity index (χ2v) is 6.03. The van der Waals surface area contributed by atoms with Gasteiger partial charge in [-0.15, -0.1) is 0 Å². The van der Waals surface area contributed by atoms with Crippen molar-refractivity contribution in [2.45, 2.75) is 6.54 Å². The number of carbonyl (C=O) groups is 1. The minimum atomic E-state index is -0.577. The number of halogens is 2. The van der Waals surface area contributed by atoms with Gasteiger partial charge in [0.2, 0.25) is 0 Å². The Labute approximate surface area is 144 Å². The lowest BCUT2D eigenvalue weighted by Crippen LogP contribution is -2.26. The van der Waals surface area contributed by atoms with Crippen LogP contribution < -0.4 is 10.3 Å². The van der Waals surface area contributed by atoms with Crippen molar-refractivity contribution in [3.63, 3.8) is 0 Å². The van der Waals surface area contributed by atoms with Gasteiger partial charge in [-0.3, -0.25) is 9.36 Å². The Morgan fingerprint density at radius 2 is 2.04 bits per heavy atom. The monoisotopic (exact) mass is 392 g/mol. The molecule has 7 heteroatoms. The van der Waals surface area contributed by atoms with Gasteiger partial charge in [-0.1, -0.05) is 23.7 Å². The predicted molar refractivity (Wildman–Crippen MR) is 90.8 cm³/mol. The Balaban J connectivity index is 1.83. The van der Waals surface area contributed by atoms with Crippen molar-refractivity contribution in [1.82, 2.24) is 9.55 Å². The minimum absolute atomic E-state index is 0.230. The topological polar surface area (TPSA) is 61.2 Å². The van der Waals surface area contributed by atoms with Crippen LogP contribution in [-0.2, 0) is 11.3 Å². The summed E-state index contributed by atoms with van der Waals surface area (Å²) in [4.78, 5) is 28.5. The lowest BCUT2D eigenvalue weighted by atomic mass is 10.2. The highest BCUT2D eigenvalue weighted by Crippen LogP contribution is 2.28. The molecule has 0 aliphatic heterocycles. The maximum absolute atomic E-state index is 12.3. The van der Waals surface area contributed by atoms with Crippen LogP contribution in [0, 0.1) is 0 Å². The predicted octanol–water partition coefficient (Wildman–Crippen LogP) is 3.42. The zero-order valence-corrected chi connectivity index (χ0v) is 14.0. The van der Waals surface area contributed by atoms with Crippen LogP contribution in [0.1, 0.15) is 0 Å². The number of carbonyl (C=O) groups excluding carboxylic acids is 1. The summed E-state index contributed by atoms with van der Waals surface area (Å²) in [5.41, 5.74) is 0.297. The van der Waals surface area contributed by atoms with Crippen molar-refractivity contribution in [3.05, 3.63) is 68.6 Å². The second kappa shape index (κ2) is 6.52. The summed E-state index contributed by atoms with van der Waals surface area (Å²) < 4.78 is 7.01. The summed E-state index contributed by atoms with van der Waals surface area (Å²) in [6.45, 7) is -0.230. The van der Waals surface area contributed by atoms with Crippen molar-refractivity contribution in [2.24, 2.45) is 0 Å². The van der Waals surface area contributed by atoms with E-state index >= 15 is 0 Å². The Kier molecular flexibility index (Phi) is 4.45. The van der Waals surface area contributed by atoms with Crippen molar-refractivity contribution in [1.29, 1.82) is 0 Å². The zero-order chi connectivity index (χ0) is 16.4. The van der Waals surface area contributed by atoms with E-state index in [2.05, 4.69) is 20.9 Å². The zero-order valence-electron chi connectivity index (χ0n) is 11.7. The Morgan fingerprint density at radius 1 is 1.26 bits per heavy atom. The molecule has 0 fully saturated rings. The van der Waals surface area contributed by atoms with Gasteiger partial charge in [-0.2, -0.15) is 0 Å². The van der Waals surface area contributed by atoms with Gasteiger partial charge in [-0.05, 0) is 46.3 Å². The van der Waals surface area contributed by atoms with Crippen molar-refractivity contribution in [2.75, 3.05) is 0 Å². The minimum Gasteiger partial charge on any atom is -0.424 e. The van der Waals surface area contributed by atoms with E-state index in [0.29, 0.717) is 26.1 Å². The number of benzene rings is 2. The van der Waals surface area contributed by atoms with E-state index in [1.807, 2.05) is 0 Å². The third-order valence-electron chi connectivity index (χ3n) is 3.15. The van der Waals surface area contributed by atoms with E-state index in [9.17, 15) is 9.59 Å². The third-order valence-corrected chi connectivity index (χ3v) is 4.00. The van der Waals surface area contributed by atoms with Crippen LogP contribution in [0.25, 0.3) is 10.9 Å². The van der Waals surface area contributed by atoms with E-state index in [1.54, 1.807) is 42.5 Å². The number of hydrogen-bond acceptors (Lipinski definition) is 4. The highest BCUT2D eigenvalue weighted by Gasteiger charge is 2.12. The molecule has 1 aromatic heterocycles. The summed E-state index contributed by atoms with van der Waals surface area (Å²) in [5.74, 6) is -0.242. The van der Waals surface area contributed by atoms with E-state index in [0.717, 1.165) is 0 Å². The highest BCUT2D eigenvalue weighted by molar-refractivity contribution is 9.10. The van der Waals surface area contributed by atoms with Gasteiger partial charge in [0.25, 0.3) is 5.56 Å². The van der Waals surface area contributed by atoms with Crippen LogP contribution in [0.2, 0.25) is 5.02 Å². The molecule has 0 aliphatic carbocycles. The van der Waals surface area contributed by atoms with Gasteiger partial charge in [0.15, 0.2) is 0 Å². The van der Waals surface area contributed by atoms with Crippen LogP contribution in [0.5, 0.6) is 5.75 Å². The molecule has 0 radical (unpaired) electrons. The summed E-state index contributed by atoms with van der Waals surface area (Å²) in [6.07, 6.45) is 1.34. The Bertz CT molecular complexity index is 955. The number of para-hydroxylation sites is 1. The number of esters is 1. The molecule has 0 bridgehead atoms. The number of fused-ring (bicyclic) bond motifs is 1. The molecule has 116 valence electrons. The fourth-order valence-corrected chi connectivity index (χ4v) is 2.83. The maximum atomic E-state index is 12.3. The van der Waals surface area contributed by atoms with Gasteiger partial charge in [0.05, 0.1) is 21.7 Å². The molecule has 0 amide bonds. The van der Waals surface area contributed by atoms with Crippen molar-refractivity contribution >= 4 is 44.4 Å². The number of aromatic nitrogens is 2. The van der Waals surface area contributed by atoms with E-state index < -0.39 is 5.97 Å². The first-order valence-corrected chi connectivity index (χ1v) is 7.81. The van der Waals surface area contributed by atoms with Crippen LogP contribution in [-0.4, -0.2) is 15.5 Å². The quantitative estimate of drug-likeness (QED) is 0.505. The molecular formula is C16H10BrClN2O3. The van der Waals surface area contributed by atoms with Crippen molar-refractivity contribution < 1.29 is 9.53 Å². The van der Waals surface area contributed by atoms with E-state index in [4.69, 9.17) is 16.3 Å². The van der Waals surface area contributed by atoms with Gasteiger partial charge in [0, 0.05) is 5.02 Å². The lowest BCUT2D eigenvalue weighted by molar-refractivity contribution is -0.135. The molecule has 0 aliphatic rings. The maximum Gasteiger partial charge on any atom is 0.331 e. The molecule has 0 spiro atoms.